The number of aryl methyl sites for hydroxylation is 2. The van der Waals surface area contributed by atoms with Crippen LogP contribution in [0.3, 0.4) is 0 Å². The number of pyridine rings is 1. The Morgan fingerprint density at radius 2 is 1.63 bits per heavy atom. The molecule has 3 aromatic rings. The fourth-order valence-corrected chi connectivity index (χ4v) is 6.25. The van der Waals surface area contributed by atoms with Gasteiger partial charge in [-0.25, -0.2) is 13.1 Å². The maximum Gasteiger partial charge on any atom is 0.340 e. The van der Waals surface area contributed by atoms with Crippen LogP contribution in [-0.4, -0.2) is 41.0 Å². The molecule has 12 nitrogen and oxygen atoms in total. The summed E-state index contributed by atoms with van der Waals surface area (Å²) in [6.45, 7) is 4.08. The lowest BCUT2D eigenvalue weighted by Crippen LogP contribution is -2.26. The number of hydrogen-bond donors (Lipinski definition) is 3. The molecule has 16 heteroatoms. The third kappa shape index (κ3) is 10.6. The van der Waals surface area contributed by atoms with Crippen molar-refractivity contribution in [3.63, 3.8) is 0 Å². The summed E-state index contributed by atoms with van der Waals surface area (Å²) in [6, 6.07) is 11.5. The van der Waals surface area contributed by atoms with Gasteiger partial charge in [-0.3, -0.25) is 4.98 Å². The van der Waals surface area contributed by atoms with Crippen LogP contribution in [0, 0.1) is 6.92 Å². The lowest BCUT2D eigenvalue weighted by Gasteiger charge is -2.14. The highest BCUT2D eigenvalue weighted by molar-refractivity contribution is 7.91. The van der Waals surface area contributed by atoms with Crippen molar-refractivity contribution in [2.45, 2.75) is 43.0 Å². The highest BCUT2D eigenvalue weighted by atomic mass is 35.5. The summed E-state index contributed by atoms with van der Waals surface area (Å²) < 4.78 is 66.3. The number of guanidine groups is 1. The second-order valence-electron chi connectivity index (χ2n) is 8.34. The third-order valence-corrected chi connectivity index (χ3v) is 8.19. The number of aromatic nitrogens is 1. The Hall–Kier alpha value is -3.30. The van der Waals surface area contributed by atoms with E-state index < -0.39 is 29.9 Å². The van der Waals surface area contributed by atoms with Gasteiger partial charge >= 0.3 is 10.1 Å². The Labute approximate surface area is 252 Å². The predicted octanol–water partition coefficient (Wildman–Crippen LogP) is 3.02. The maximum absolute atomic E-state index is 13.2. The Morgan fingerprint density at radius 1 is 0.951 bits per heavy atom. The van der Waals surface area contributed by atoms with Gasteiger partial charge < -0.3 is 25.2 Å². The Morgan fingerprint density at radius 3 is 2.32 bits per heavy atom. The largest absolute Gasteiger partial charge is 0.493 e. The van der Waals surface area contributed by atoms with Gasteiger partial charge in [0.05, 0.1) is 6.61 Å². The number of ether oxygens (including phenoxy) is 1. The minimum atomic E-state index is -4.54. The number of nitrogens with zero attached hydrogens (tertiary/aromatic N) is 2. The standard InChI is InChI=1S/C25H31N5O7S2.2ClH/c1-3-19-16-28-10-9-20(19)17-29-38(31,32)23-7-4-5-8-24(23)39(33,34)37-22-14-18(2)13-21(15-22)35-11-6-12-36-30-25(26)27;;/h4-5,7-10,13-16,29H,3,6,11-12,17H2,1-2H3,(H4,26,27,30);2*1H. The molecule has 0 aliphatic rings. The minimum Gasteiger partial charge on any atom is -0.493 e. The lowest BCUT2D eigenvalue weighted by molar-refractivity contribution is 0.127. The van der Waals surface area contributed by atoms with E-state index in [1.54, 1.807) is 31.5 Å². The van der Waals surface area contributed by atoms with E-state index in [-0.39, 0.29) is 56.3 Å². The number of benzene rings is 2. The fourth-order valence-electron chi connectivity index (χ4n) is 3.53. The van der Waals surface area contributed by atoms with Gasteiger partial charge in [-0.1, -0.05) is 19.1 Å². The van der Waals surface area contributed by atoms with Crippen molar-refractivity contribution in [3.8, 4) is 11.5 Å². The van der Waals surface area contributed by atoms with Crippen LogP contribution in [0.5, 0.6) is 11.5 Å². The highest BCUT2D eigenvalue weighted by Crippen LogP contribution is 2.28. The first kappa shape index (κ1) is 35.7. The van der Waals surface area contributed by atoms with E-state index in [1.807, 2.05) is 6.92 Å². The Kier molecular flexibility index (Phi) is 14.1. The third-order valence-electron chi connectivity index (χ3n) is 5.30. The van der Waals surface area contributed by atoms with Gasteiger partial charge in [-0.2, -0.15) is 8.42 Å². The topological polar surface area (TPSA) is 185 Å². The van der Waals surface area contributed by atoms with Gasteiger partial charge in [0.1, 0.15) is 27.9 Å². The van der Waals surface area contributed by atoms with Gasteiger partial charge in [0.15, 0.2) is 0 Å². The predicted molar refractivity (Wildman–Crippen MR) is 159 cm³/mol. The van der Waals surface area contributed by atoms with E-state index in [0.717, 1.165) is 11.1 Å². The first-order valence-electron chi connectivity index (χ1n) is 11.9. The lowest BCUT2D eigenvalue weighted by atomic mass is 10.1. The van der Waals surface area contributed by atoms with Crippen molar-refractivity contribution in [2.75, 3.05) is 13.2 Å². The molecule has 226 valence electrons. The van der Waals surface area contributed by atoms with Crippen molar-refractivity contribution in [2.24, 2.45) is 16.6 Å². The van der Waals surface area contributed by atoms with E-state index in [1.165, 1.54) is 36.4 Å². The average Bonchev–Trinajstić information content (AvgIpc) is 2.89. The molecule has 0 atom stereocenters. The molecular weight excluding hydrogens is 617 g/mol. The number of oxime groups is 1. The monoisotopic (exact) mass is 649 g/mol. The van der Waals surface area contributed by atoms with E-state index in [0.29, 0.717) is 24.2 Å². The molecule has 1 aromatic heterocycles. The van der Waals surface area contributed by atoms with Crippen molar-refractivity contribution in [1.82, 2.24) is 9.71 Å². The number of sulfonamides is 1. The van der Waals surface area contributed by atoms with Gasteiger partial charge in [0.2, 0.25) is 16.0 Å². The summed E-state index contributed by atoms with van der Waals surface area (Å²) >= 11 is 0. The smallest absolute Gasteiger partial charge is 0.340 e. The molecule has 0 unspecified atom stereocenters. The number of rotatable bonds is 14. The quantitative estimate of drug-likeness (QED) is 0.0770. The number of nitrogens with two attached hydrogens (primary N) is 2. The van der Waals surface area contributed by atoms with Gasteiger partial charge in [-0.15, -0.1) is 24.8 Å². The normalized spacial score (nSPS) is 11.0. The van der Waals surface area contributed by atoms with Crippen LogP contribution in [0.25, 0.3) is 0 Å². The molecule has 0 aliphatic heterocycles. The molecule has 41 heavy (non-hydrogen) atoms. The van der Waals surface area contributed by atoms with Crippen LogP contribution in [0.2, 0.25) is 0 Å². The molecule has 0 aliphatic carbocycles. The van der Waals surface area contributed by atoms with Crippen molar-refractivity contribution in [3.05, 3.63) is 77.6 Å². The molecule has 1 heterocycles. The van der Waals surface area contributed by atoms with Crippen molar-refractivity contribution in [1.29, 1.82) is 0 Å². The van der Waals surface area contributed by atoms with Crippen LogP contribution in [-0.2, 0) is 37.9 Å². The molecule has 0 fully saturated rings. The summed E-state index contributed by atoms with van der Waals surface area (Å²) in [6.07, 6.45) is 4.35. The van der Waals surface area contributed by atoms with Crippen LogP contribution in [0.15, 0.2) is 75.9 Å². The number of hydrogen-bond acceptors (Lipinski definition) is 9. The molecule has 0 bridgehead atoms. The molecule has 3 rings (SSSR count). The highest BCUT2D eigenvalue weighted by Gasteiger charge is 2.28. The van der Waals surface area contributed by atoms with Gasteiger partial charge in [0, 0.05) is 31.4 Å². The molecule has 2 aromatic carbocycles. The summed E-state index contributed by atoms with van der Waals surface area (Å²) in [5.41, 5.74) is 12.6. The molecular formula is C25H33Cl2N5O7S2. The molecule has 0 spiro atoms. The molecule has 0 saturated carbocycles. The van der Waals surface area contributed by atoms with Crippen LogP contribution in [0.4, 0.5) is 0 Å². The second kappa shape index (κ2) is 16.2. The summed E-state index contributed by atoms with van der Waals surface area (Å²) in [4.78, 5) is 8.01. The van der Waals surface area contributed by atoms with E-state index >= 15 is 0 Å². The van der Waals surface area contributed by atoms with Gasteiger partial charge in [0.25, 0.3) is 0 Å². The molecule has 0 radical (unpaired) electrons. The zero-order valence-corrected chi connectivity index (χ0v) is 25.6. The molecule has 0 amide bonds. The maximum atomic E-state index is 13.2. The Balaban J connectivity index is 0.00000420. The Bertz CT molecular complexity index is 1530. The molecule has 0 saturated heterocycles. The number of nitrogens with one attached hydrogen (secondary N) is 1. The first-order valence-corrected chi connectivity index (χ1v) is 14.8. The van der Waals surface area contributed by atoms with Crippen LogP contribution < -0.4 is 25.1 Å². The second-order valence-corrected chi connectivity index (χ2v) is 11.6. The average molecular weight is 651 g/mol. The SMILES string of the molecule is CCc1cnccc1CNS(=O)(=O)c1ccccc1S(=O)(=O)Oc1cc(C)cc(OCCCON=C(N)N)c1.Cl.Cl. The zero-order chi connectivity index (χ0) is 28.5. The van der Waals surface area contributed by atoms with Crippen LogP contribution >= 0.6 is 24.8 Å². The molecule has 5 N–H and O–H groups in total. The summed E-state index contributed by atoms with van der Waals surface area (Å²) in [5, 5.41) is 3.41. The van der Waals surface area contributed by atoms with Crippen molar-refractivity contribution >= 4 is 50.9 Å². The van der Waals surface area contributed by atoms with E-state index in [9.17, 15) is 16.8 Å². The first-order chi connectivity index (χ1) is 18.5. The summed E-state index contributed by atoms with van der Waals surface area (Å²) in [5.74, 6) is 0.127. The summed E-state index contributed by atoms with van der Waals surface area (Å²) in [7, 11) is -8.76. The van der Waals surface area contributed by atoms with Crippen molar-refractivity contribution < 1.29 is 30.6 Å². The van der Waals surface area contributed by atoms with Gasteiger partial charge in [-0.05, 0) is 65.5 Å². The van der Waals surface area contributed by atoms with E-state index in [4.69, 9.17) is 25.2 Å². The fraction of sp³-hybridized carbons (Fsp3) is 0.280. The zero-order valence-electron chi connectivity index (χ0n) is 22.3. The van der Waals surface area contributed by atoms with E-state index in [2.05, 4.69) is 14.9 Å². The number of halogens is 2. The van der Waals surface area contributed by atoms with Crippen LogP contribution in [0.1, 0.15) is 30.0 Å². The minimum absolute atomic E-state index is 0.